The molecule has 0 aromatic heterocycles. The summed E-state index contributed by atoms with van der Waals surface area (Å²) in [4.78, 5) is 55.4. The summed E-state index contributed by atoms with van der Waals surface area (Å²) in [5.74, 6) is -1.23. The van der Waals surface area contributed by atoms with Gasteiger partial charge in [0.15, 0.2) is 0 Å². The van der Waals surface area contributed by atoms with Crippen LogP contribution in [-0.4, -0.2) is 57.6 Å². The van der Waals surface area contributed by atoms with Gasteiger partial charge in [0.25, 0.3) is 11.8 Å². The van der Waals surface area contributed by atoms with Crippen LogP contribution >= 0.6 is 0 Å². The fraction of sp³-hybridized carbons (Fsp3) is 0.304. The maximum Gasteiger partial charge on any atom is 0.327 e. The number of carbonyl (C=O) groups is 4. The largest absolute Gasteiger partial charge is 0.327 e. The van der Waals surface area contributed by atoms with Crippen molar-refractivity contribution in [1.29, 1.82) is 0 Å². The maximum absolute atomic E-state index is 13.2. The number of urea groups is 1. The van der Waals surface area contributed by atoms with Gasteiger partial charge >= 0.3 is 6.03 Å². The van der Waals surface area contributed by atoms with E-state index in [-0.39, 0.29) is 18.5 Å². The third-order valence-electron chi connectivity index (χ3n) is 6.00. The van der Waals surface area contributed by atoms with Gasteiger partial charge < -0.3 is 4.90 Å². The molecule has 0 spiro atoms. The highest BCUT2D eigenvalue weighted by molar-refractivity contribution is 6.21. The number of likely N-dealkylation sites (N-methyl/N-ethyl adjacent to an activating group) is 1. The molecule has 4 rings (SSSR count). The van der Waals surface area contributed by atoms with Crippen molar-refractivity contribution in [3.05, 3.63) is 71.3 Å². The van der Waals surface area contributed by atoms with E-state index in [1.54, 1.807) is 43.1 Å². The van der Waals surface area contributed by atoms with Gasteiger partial charge in [0.05, 0.1) is 23.2 Å². The van der Waals surface area contributed by atoms with E-state index in [1.807, 2.05) is 37.3 Å². The molecule has 2 aliphatic rings. The summed E-state index contributed by atoms with van der Waals surface area (Å²) in [7, 11) is 1.67. The Morgan fingerprint density at radius 3 is 2.03 bits per heavy atom. The molecule has 0 aliphatic carbocycles. The van der Waals surface area contributed by atoms with E-state index in [9.17, 15) is 19.2 Å². The Balaban J connectivity index is 1.58. The molecule has 5 amide bonds. The molecular formula is C23H23N3O4. The van der Waals surface area contributed by atoms with E-state index in [2.05, 4.69) is 0 Å². The number of amides is 5. The lowest BCUT2D eigenvalue weighted by molar-refractivity contribution is -0.130. The molecule has 3 atom stereocenters. The van der Waals surface area contributed by atoms with Gasteiger partial charge in [0, 0.05) is 19.5 Å². The third-order valence-corrected chi connectivity index (χ3v) is 6.00. The van der Waals surface area contributed by atoms with Crippen molar-refractivity contribution in [3.63, 3.8) is 0 Å². The molecule has 2 heterocycles. The summed E-state index contributed by atoms with van der Waals surface area (Å²) in [5.41, 5.74) is 1.55. The van der Waals surface area contributed by atoms with E-state index in [1.165, 1.54) is 4.90 Å². The molecule has 0 saturated carbocycles. The standard InChI is InChI=1S/C23H23N3O4/c1-14(25-21(28)17-11-7-8-12-18(17)22(25)29)13-19(27)26-20(15(2)24(3)23(26)30)16-9-5-4-6-10-16/h4-12,14-15,20H,13H2,1-3H3/t14-,15-,20-/m1/s1. The molecule has 7 nitrogen and oxygen atoms in total. The normalized spacial score (nSPS) is 22.0. The van der Waals surface area contributed by atoms with Crippen LogP contribution in [0.5, 0.6) is 0 Å². The number of benzene rings is 2. The molecule has 7 heteroatoms. The predicted molar refractivity (Wildman–Crippen MR) is 110 cm³/mol. The van der Waals surface area contributed by atoms with Crippen LogP contribution in [0.1, 0.15) is 52.6 Å². The van der Waals surface area contributed by atoms with E-state index in [0.29, 0.717) is 11.1 Å². The maximum atomic E-state index is 13.2. The Labute approximate surface area is 174 Å². The summed E-state index contributed by atoms with van der Waals surface area (Å²) in [5, 5.41) is 0. The molecule has 0 N–H and O–H groups in total. The minimum absolute atomic E-state index is 0.124. The van der Waals surface area contributed by atoms with Crippen LogP contribution in [0.4, 0.5) is 4.79 Å². The minimum Gasteiger partial charge on any atom is -0.322 e. The average Bonchev–Trinajstić information content (AvgIpc) is 3.14. The van der Waals surface area contributed by atoms with Crippen LogP contribution < -0.4 is 0 Å². The zero-order valence-corrected chi connectivity index (χ0v) is 17.1. The Kier molecular flexibility index (Phi) is 4.89. The predicted octanol–water partition coefficient (Wildman–Crippen LogP) is 3.09. The van der Waals surface area contributed by atoms with Crippen LogP contribution in [0.3, 0.4) is 0 Å². The first-order valence-corrected chi connectivity index (χ1v) is 9.93. The van der Waals surface area contributed by atoms with Crippen molar-refractivity contribution >= 4 is 23.8 Å². The lowest BCUT2D eigenvalue weighted by Crippen LogP contribution is -2.43. The van der Waals surface area contributed by atoms with Crippen molar-refractivity contribution < 1.29 is 19.2 Å². The smallest absolute Gasteiger partial charge is 0.322 e. The fourth-order valence-corrected chi connectivity index (χ4v) is 4.28. The van der Waals surface area contributed by atoms with Crippen LogP contribution in [0, 0.1) is 0 Å². The van der Waals surface area contributed by atoms with Gasteiger partial charge in [0.2, 0.25) is 5.91 Å². The second-order valence-corrected chi connectivity index (χ2v) is 7.83. The lowest BCUT2D eigenvalue weighted by atomic mass is 10.00. The number of hydrogen-bond acceptors (Lipinski definition) is 4. The second kappa shape index (κ2) is 7.40. The van der Waals surface area contributed by atoms with Crippen molar-refractivity contribution in [2.45, 2.75) is 38.4 Å². The van der Waals surface area contributed by atoms with Crippen molar-refractivity contribution in [3.8, 4) is 0 Å². The second-order valence-electron chi connectivity index (χ2n) is 7.83. The molecule has 1 saturated heterocycles. The van der Waals surface area contributed by atoms with Crippen LogP contribution in [0.2, 0.25) is 0 Å². The van der Waals surface area contributed by atoms with Crippen LogP contribution in [-0.2, 0) is 4.79 Å². The number of nitrogens with zero attached hydrogens (tertiary/aromatic N) is 3. The molecule has 154 valence electrons. The number of fused-ring (bicyclic) bond motifs is 1. The van der Waals surface area contributed by atoms with E-state index < -0.39 is 29.8 Å². The molecule has 2 aromatic rings. The van der Waals surface area contributed by atoms with Crippen LogP contribution in [0.15, 0.2) is 54.6 Å². The number of imide groups is 2. The summed E-state index contributed by atoms with van der Waals surface area (Å²) in [6, 6.07) is 14.3. The van der Waals surface area contributed by atoms with Gasteiger partial charge in [-0.15, -0.1) is 0 Å². The molecular weight excluding hydrogens is 382 g/mol. The molecule has 0 bridgehead atoms. The molecule has 1 fully saturated rings. The zero-order valence-electron chi connectivity index (χ0n) is 17.1. The van der Waals surface area contributed by atoms with Gasteiger partial charge in [-0.1, -0.05) is 42.5 Å². The Hall–Kier alpha value is -3.48. The summed E-state index contributed by atoms with van der Waals surface area (Å²) in [6.45, 7) is 3.56. The minimum atomic E-state index is -0.671. The highest BCUT2D eigenvalue weighted by atomic mass is 16.2. The van der Waals surface area contributed by atoms with E-state index in [4.69, 9.17) is 0 Å². The quantitative estimate of drug-likeness (QED) is 0.733. The summed E-state index contributed by atoms with van der Waals surface area (Å²) in [6.07, 6.45) is -0.124. The zero-order chi connectivity index (χ0) is 21.6. The van der Waals surface area contributed by atoms with Crippen LogP contribution in [0.25, 0.3) is 0 Å². The first kappa shape index (κ1) is 19.8. The van der Waals surface area contributed by atoms with Crippen molar-refractivity contribution in [2.75, 3.05) is 7.05 Å². The Bertz CT molecular complexity index is 1000. The molecule has 0 unspecified atom stereocenters. The number of hydrogen-bond donors (Lipinski definition) is 0. The summed E-state index contributed by atoms with van der Waals surface area (Å²) < 4.78 is 0. The number of carbonyl (C=O) groups excluding carboxylic acids is 4. The Morgan fingerprint density at radius 2 is 1.47 bits per heavy atom. The number of rotatable bonds is 4. The monoisotopic (exact) mass is 405 g/mol. The van der Waals surface area contributed by atoms with Crippen molar-refractivity contribution in [2.24, 2.45) is 0 Å². The molecule has 30 heavy (non-hydrogen) atoms. The first-order chi connectivity index (χ1) is 14.3. The van der Waals surface area contributed by atoms with Gasteiger partial charge in [-0.05, 0) is 31.5 Å². The fourth-order valence-electron chi connectivity index (χ4n) is 4.28. The average molecular weight is 405 g/mol. The first-order valence-electron chi connectivity index (χ1n) is 9.93. The molecule has 2 aliphatic heterocycles. The van der Waals surface area contributed by atoms with Gasteiger partial charge in [-0.25, -0.2) is 4.79 Å². The van der Waals surface area contributed by atoms with Gasteiger partial charge in [-0.2, -0.15) is 0 Å². The Morgan fingerprint density at radius 1 is 0.933 bits per heavy atom. The molecule has 0 radical (unpaired) electrons. The highest BCUT2D eigenvalue weighted by Crippen LogP contribution is 2.35. The summed E-state index contributed by atoms with van der Waals surface area (Å²) >= 11 is 0. The van der Waals surface area contributed by atoms with E-state index in [0.717, 1.165) is 10.5 Å². The third kappa shape index (κ3) is 2.98. The SMILES string of the molecule is C[C@@H]1[C@H](c2ccccc2)N(C(=O)C[C@@H](C)N2C(=O)c3ccccc3C2=O)C(=O)N1C. The highest BCUT2D eigenvalue weighted by Gasteiger charge is 2.47. The van der Waals surface area contributed by atoms with Gasteiger partial charge in [-0.3, -0.25) is 24.2 Å². The topological polar surface area (TPSA) is 78.0 Å². The van der Waals surface area contributed by atoms with Crippen molar-refractivity contribution in [1.82, 2.24) is 14.7 Å². The molecule has 2 aromatic carbocycles. The van der Waals surface area contributed by atoms with Gasteiger partial charge in [0.1, 0.15) is 0 Å². The van der Waals surface area contributed by atoms with E-state index >= 15 is 0 Å². The lowest BCUT2D eigenvalue weighted by Gasteiger charge is -2.27.